The summed E-state index contributed by atoms with van der Waals surface area (Å²) in [5.74, 6) is -0.371. The van der Waals surface area contributed by atoms with E-state index in [1.807, 2.05) is 6.92 Å². The van der Waals surface area contributed by atoms with E-state index < -0.39 is 21.3 Å². The van der Waals surface area contributed by atoms with Crippen LogP contribution >= 0.6 is 0 Å². The average Bonchev–Trinajstić information content (AvgIpc) is 2.35. The highest BCUT2D eigenvalue weighted by Crippen LogP contribution is 2.15. The Morgan fingerprint density at radius 1 is 1.32 bits per heavy atom. The van der Waals surface area contributed by atoms with Gasteiger partial charge in [0.2, 0.25) is 10.0 Å². The van der Waals surface area contributed by atoms with Gasteiger partial charge in [-0.05, 0) is 38.1 Å². The molecule has 0 aliphatic carbocycles. The second-order valence-electron chi connectivity index (χ2n) is 4.56. The molecule has 0 saturated carbocycles. The van der Waals surface area contributed by atoms with E-state index in [0.29, 0.717) is 12.1 Å². The predicted molar refractivity (Wildman–Crippen MR) is 74.9 cm³/mol. The monoisotopic (exact) mass is 288 g/mol. The number of hydrogen-bond donors (Lipinski definition) is 2. The molecule has 2 N–H and O–H groups in total. The van der Waals surface area contributed by atoms with Gasteiger partial charge in [-0.3, -0.25) is 0 Å². The van der Waals surface area contributed by atoms with Gasteiger partial charge in [0.15, 0.2) is 0 Å². The zero-order valence-electron chi connectivity index (χ0n) is 11.5. The Morgan fingerprint density at radius 2 is 2.00 bits per heavy atom. The van der Waals surface area contributed by atoms with Gasteiger partial charge < -0.3 is 5.32 Å². The minimum atomic E-state index is -3.43. The van der Waals surface area contributed by atoms with Gasteiger partial charge in [0.1, 0.15) is 5.82 Å². The van der Waals surface area contributed by atoms with Crippen LogP contribution in [0.25, 0.3) is 0 Å². The van der Waals surface area contributed by atoms with Crippen LogP contribution in [0.4, 0.5) is 4.39 Å². The molecule has 0 bridgehead atoms. The topological polar surface area (TPSA) is 58.2 Å². The number of sulfonamides is 1. The van der Waals surface area contributed by atoms with Crippen LogP contribution in [0.5, 0.6) is 0 Å². The second kappa shape index (κ2) is 6.98. The fourth-order valence-electron chi connectivity index (χ4n) is 1.66. The first-order chi connectivity index (χ1) is 8.86. The third-order valence-corrected chi connectivity index (χ3v) is 4.81. The summed E-state index contributed by atoms with van der Waals surface area (Å²) in [5, 5.41) is 2.46. The van der Waals surface area contributed by atoms with Crippen LogP contribution in [-0.4, -0.2) is 26.8 Å². The van der Waals surface area contributed by atoms with Crippen LogP contribution in [-0.2, 0) is 10.0 Å². The summed E-state index contributed by atoms with van der Waals surface area (Å²) in [7, 11) is -3.43. The van der Waals surface area contributed by atoms with Crippen LogP contribution in [0.15, 0.2) is 24.3 Å². The number of rotatable bonds is 7. The van der Waals surface area contributed by atoms with Crippen molar-refractivity contribution in [3.05, 3.63) is 35.6 Å². The van der Waals surface area contributed by atoms with Gasteiger partial charge >= 0.3 is 0 Å². The molecule has 1 aromatic rings. The molecule has 1 rings (SSSR count). The maximum Gasteiger partial charge on any atom is 0.216 e. The van der Waals surface area contributed by atoms with E-state index >= 15 is 0 Å². The average molecular weight is 288 g/mol. The van der Waals surface area contributed by atoms with Gasteiger partial charge in [-0.15, -0.1) is 0 Å². The SMILES string of the molecule is CCNCC(C)S(=O)(=O)NC(C)c1cccc(F)c1. The summed E-state index contributed by atoms with van der Waals surface area (Å²) >= 11 is 0. The highest BCUT2D eigenvalue weighted by Gasteiger charge is 2.22. The van der Waals surface area contributed by atoms with Gasteiger partial charge in [-0.1, -0.05) is 19.1 Å². The van der Waals surface area contributed by atoms with Gasteiger partial charge in [-0.25, -0.2) is 17.5 Å². The lowest BCUT2D eigenvalue weighted by Crippen LogP contribution is -2.40. The summed E-state index contributed by atoms with van der Waals surface area (Å²) in [5.41, 5.74) is 0.610. The molecule has 0 aromatic heterocycles. The first kappa shape index (κ1) is 16.1. The van der Waals surface area contributed by atoms with Crippen molar-refractivity contribution in [1.29, 1.82) is 0 Å². The van der Waals surface area contributed by atoms with Crippen LogP contribution in [0, 0.1) is 5.82 Å². The van der Waals surface area contributed by atoms with Crippen molar-refractivity contribution >= 4 is 10.0 Å². The first-order valence-electron chi connectivity index (χ1n) is 6.34. The molecule has 2 unspecified atom stereocenters. The second-order valence-corrected chi connectivity index (χ2v) is 6.69. The fourth-order valence-corrected chi connectivity index (χ4v) is 2.86. The van der Waals surface area contributed by atoms with Crippen LogP contribution < -0.4 is 10.0 Å². The molecule has 0 saturated heterocycles. The molecular weight excluding hydrogens is 267 g/mol. The quantitative estimate of drug-likeness (QED) is 0.804. The normalized spacial score (nSPS) is 15.2. The minimum absolute atomic E-state index is 0.371. The fraction of sp³-hybridized carbons (Fsp3) is 0.538. The molecule has 6 heteroatoms. The van der Waals surface area contributed by atoms with Crippen molar-refractivity contribution in [2.75, 3.05) is 13.1 Å². The van der Waals surface area contributed by atoms with E-state index in [2.05, 4.69) is 10.0 Å². The van der Waals surface area contributed by atoms with Gasteiger partial charge in [0.25, 0.3) is 0 Å². The van der Waals surface area contributed by atoms with Gasteiger partial charge in [-0.2, -0.15) is 0 Å². The third kappa shape index (κ3) is 4.89. The van der Waals surface area contributed by atoms with Crippen LogP contribution in [0.1, 0.15) is 32.4 Å². The lowest BCUT2D eigenvalue weighted by atomic mass is 10.1. The van der Waals surface area contributed by atoms with E-state index in [9.17, 15) is 12.8 Å². The summed E-state index contributed by atoms with van der Waals surface area (Å²) in [6.07, 6.45) is 0. The molecule has 0 fully saturated rings. The van der Waals surface area contributed by atoms with E-state index in [0.717, 1.165) is 6.54 Å². The van der Waals surface area contributed by atoms with E-state index in [4.69, 9.17) is 0 Å². The van der Waals surface area contributed by atoms with E-state index in [1.165, 1.54) is 12.1 Å². The zero-order chi connectivity index (χ0) is 14.5. The molecule has 2 atom stereocenters. The molecule has 0 amide bonds. The Morgan fingerprint density at radius 3 is 2.58 bits per heavy atom. The minimum Gasteiger partial charge on any atom is -0.316 e. The summed E-state index contributed by atoms with van der Waals surface area (Å²) in [6.45, 7) is 6.37. The highest BCUT2D eigenvalue weighted by molar-refractivity contribution is 7.90. The zero-order valence-corrected chi connectivity index (χ0v) is 12.3. The summed E-state index contributed by atoms with van der Waals surface area (Å²) in [6, 6.07) is 5.48. The van der Waals surface area contributed by atoms with Gasteiger partial charge in [0.05, 0.1) is 5.25 Å². The van der Waals surface area contributed by atoms with Crippen LogP contribution in [0.2, 0.25) is 0 Å². The molecular formula is C13H21FN2O2S. The molecule has 4 nitrogen and oxygen atoms in total. The van der Waals surface area contributed by atoms with E-state index in [1.54, 1.807) is 26.0 Å². The number of halogens is 1. The molecule has 108 valence electrons. The number of hydrogen-bond acceptors (Lipinski definition) is 3. The molecule has 0 aliphatic heterocycles. The third-order valence-electron chi connectivity index (χ3n) is 2.90. The Kier molecular flexibility index (Phi) is 5.90. The lowest BCUT2D eigenvalue weighted by molar-refractivity contribution is 0.545. The maximum atomic E-state index is 13.1. The predicted octanol–water partition coefficient (Wildman–Crippen LogP) is 1.80. The van der Waals surface area contributed by atoms with Crippen molar-refractivity contribution in [2.45, 2.75) is 32.1 Å². The molecule has 1 aromatic carbocycles. The van der Waals surface area contributed by atoms with Gasteiger partial charge in [0, 0.05) is 12.6 Å². The lowest BCUT2D eigenvalue weighted by Gasteiger charge is -2.19. The molecule has 19 heavy (non-hydrogen) atoms. The van der Waals surface area contributed by atoms with Crippen molar-refractivity contribution in [1.82, 2.24) is 10.0 Å². The van der Waals surface area contributed by atoms with Crippen molar-refractivity contribution in [2.24, 2.45) is 0 Å². The molecule has 0 aliphatic rings. The summed E-state index contributed by atoms with van der Waals surface area (Å²) < 4.78 is 39.8. The Labute approximate surface area is 114 Å². The largest absolute Gasteiger partial charge is 0.316 e. The van der Waals surface area contributed by atoms with E-state index in [-0.39, 0.29) is 5.82 Å². The molecule has 0 heterocycles. The molecule has 0 radical (unpaired) electrons. The smallest absolute Gasteiger partial charge is 0.216 e. The van der Waals surface area contributed by atoms with Crippen molar-refractivity contribution in [3.63, 3.8) is 0 Å². The molecule has 0 spiro atoms. The van der Waals surface area contributed by atoms with Crippen LogP contribution in [0.3, 0.4) is 0 Å². The first-order valence-corrected chi connectivity index (χ1v) is 7.88. The summed E-state index contributed by atoms with van der Waals surface area (Å²) in [4.78, 5) is 0. The Balaban J connectivity index is 2.72. The van der Waals surface area contributed by atoms with Crippen molar-refractivity contribution < 1.29 is 12.8 Å². The highest BCUT2D eigenvalue weighted by atomic mass is 32.2. The standard InChI is InChI=1S/C13H21FN2O2S/c1-4-15-9-10(2)19(17,18)16-11(3)12-6-5-7-13(14)8-12/h5-8,10-11,15-16H,4,9H2,1-3H3. The number of benzene rings is 1. The maximum absolute atomic E-state index is 13.1. The number of nitrogens with one attached hydrogen (secondary N) is 2. The Bertz CT molecular complexity index is 505. The van der Waals surface area contributed by atoms with Crippen molar-refractivity contribution in [3.8, 4) is 0 Å². The Hall–Kier alpha value is -0.980.